The second-order valence-electron chi connectivity index (χ2n) is 4.03. The number of carboxylic acids is 1. The molecule has 1 heterocycles. The molecular formula is C13H15N3O2S2. The number of carboxylic acid groups (broad SMARTS) is 1. The van der Waals surface area contributed by atoms with Crippen LogP contribution in [0, 0.1) is 0 Å². The fourth-order valence-electron chi connectivity index (χ4n) is 1.63. The monoisotopic (exact) mass is 309 g/mol. The van der Waals surface area contributed by atoms with E-state index in [1.807, 2.05) is 18.2 Å². The zero-order chi connectivity index (χ0) is 14.4. The summed E-state index contributed by atoms with van der Waals surface area (Å²) in [7, 11) is 0. The maximum absolute atomic E-state index is 10.5. The zero-order valence-corrected chi connectivity index (χ0v) is 12.7. The molecule has 2 rings (SSSR count). The van der Waals surface area contributed by atoms with Gasteiger partial charge in [-0.2, -0.15) is 0 Å². The van der Waals surface area contributed by atoms with Crippen LogP contribution in [0.2, 0.25) is 0 Å². The Balaban J connectivity index is 2.02. The van der Waals surface area contributed by atoms with Crippen molar-refractivity contribution in [3.05, 3.63) is 35.9 Å². The van der Waals surface area contributed by atoms with E-state index in [1.54, 1.807) is 0 Å². The minimum absolute atomic E-state index is 0.0133. The van der Waals surface area contributed by atoms with Gasteiger partial charge < -0.3 is 10.0 Å². The predicted octanol–water partition coefficient (Wildman–Crippen LogP) is 2.74. The van der Waals surface area contributed by atoms with Crippen LogP contribution in [0.15, 0.2) is 34.7 Å². The Hall–Kier alpha value is -1.60. The molecule has 0 spiro atoms. The van der Waals surface area contributed by atoms with E-state index in [0.29, 0.717) is 4.34 Å². The van der Waals surface area contributed by atoms with E-state index in [1.165, 1.54) is 28.7 Å². The van der Waals surface area contributed by atoms with Gasteiger partial charge in [0.2, 0.25) is 5.13 Å². The summed E-state index contributed by atoms with van der Waals surface area (Å²) in [6.07, 6.45) is 0. The van der Waals surface area contributed by atoms with Crippen LogP contribution in [-0.2, 0) is 11.3 Å². The fourth-order valence-corrected chi connectivity index (χ4v) is 3.25. The largest absolute Gasteiger partial charge is 0.481 e. The number of benzene rings is 1. The second kappa shape index (κ2) is 7.25. The van der Waals surface area contributed by atoms with E-state index >= 15 is 0 Å². The summed E-state index contributed by atoms with van der Waals surface area (Å²) in [4.78, 5) is 12.7. The van der Waals surface area contributed by atoms with Gasteiger partial charge >= 0.3 is 5.97 Å². The lowest BCUT2D eigenvalue weighted by atomic mass is 10.2. The minimum atomic E-state index is -0.844. The molecule has 0 unspecified atom stereocenters. The van der Waals surface area contributed by atoms with Crippen molar-refractivity contribution in [1.82, 2.24) is 10.2 Å². The lowest BCUT2D eigenvalue weighted by Crippen LogP contribution is -2.21. The number of hydrogen-bond donors (Lipinski definition) is 1. The van der Waals surface area contributed by atoms with Gasteiger partial charge in [-0.25, -0.2) is 0 Å². The molecule has 0 radical (unpaired) electrons. The second-order valence-corrected chi connectivity index (χ2v) is 6.21. The topological polar surface area (TPSA) is 66.3 Å². The summed E-state index contributed by atoms with van der Waals surface area (Å²) in [5.74, 6) is -0.831. The third-order valence-corrected chi connectivity index (χ3v) is 4.69. The predicted molar refractivity (Wildman–Crippen MR) is 81.4 cm³/mol. The van der Waals surface area contributed by atoms with Crippen molar-refractivity contribution in [2.45, 2.75) is 17.8 Å². The van der Waals surface area contributed by atoms with E-state index in [4.69, 9.17) is 5.11 Å². The van der Waals surface area contributed by atoms with Gasteiger partial charge in [-0.1, -0.05) is 53.4 Å². The Morgan fingerprint density at radius 3 is 2.75 bits per heavy atom. The number of nitrogens with zero attached hydrogens (tertiary/aromatic N) is 3. The zero-order valence-electron chi connectivity index (χ0n) is 11.0. The number of rotatable bonds is 7. The number of aliphatic carboxylic acids is 1. The van der Waals surface area contributed by atoms with Crippen LogP contribution in [0.4, 0.5) is 5.13 Å². The molecule has 0 bridgehead atoms. The average Bonchev–Trinajstić information content (AvgIpc) is 2.92. The van der Waals surface area contributed by atoms with E-state index in [0.717, 1.165) is 18.2 Å². The van der Waals surface area contributed by atoms with Gasteiger partial charge in [-0.05, 0) is 12.5 Å². The van der Waals surface area contributed by atoms with Crippen LogP contribution < -0.4 is 4.90 Å². The number of hydrogen-bond acceptors (Lipinski definition) is 6. The smallest absolute Gasteiger partial charge is 0.313 e. The van der Waals surface area contributed by atoms with Crippen molar-refractivity contribution in [1.29, 1.82) is 0 Å². The lowest BCUT2D eigenvalue weighted by Gasteiger charge is -2.18. The fraction of sp³-hybridized carbons (Fsp3) is 0.308. The molecule has 2 aromatic rings. The molecule has 20 heavy (non-hydrogen) atoms. The first-order valence-electron chi connectivity index (χ1n) is 6.16. The van der Waals surface area contributed by atoms with Gasteiger partial charge in [-0.3, -0.25) is 4.79 Å². The molecule has 1 aromatic heterocycles. The SMILES string of the molecule is CCN(Cc1ccccc1)c1nnc(SCC(=O)O)s1. The number of aromatic nitrogens is 2. The number of carbonyl (C=O) groups is 1. The molecule has 7 heteroatoms. The van der Waals surface area contributed by atoms with Crippen molar-refractivity contribution >= 4 is 34.2 Å². The molecule has 0 saturated carbocycles. The summed E-state index contributed by atoms with van der Waals surface area (Å²) < 4.78 is 0.689. The van der Waals surface area contributed by atoms with Crippen LogP contribution in [0.5, 0.6) is 0 Å². The number of thioether (sulfide) groups is 1. The van der Waals surface area contributed by atoms with E-state index < -0.39 is 5.97 Å². The summed E-state index contributed by atoms with van der Waals surface area (Å²) in [6, 6.07) is 10.2. The van der Waals surface area contributed by atoms with Crippen molar-refractivity contribution in [3.8, 4) is 0 Å². The lowest BCUT2D eigenvalue weighted by molar-refractivity contribution is -0.133. The Morgan fingerprint density at radius 2 is 2.10 bits per heavy atom. The average molecular weight is 309 g/mol. The minimum Gasteiger partial charge on any atom is -0.481 e. The molecule has 0 saturated heterocycles. The molecule has 5 nitrogen and oxygen atoms in total. The maximum atomic E-state index is 10.5. The van der Waals surface area contributed by atoms with Crippen LogP contribution in [0.25, 0.3) is 0 Å². The van der Waals surface area contributed by atoms with Gasteiger partial charge in [0.15, 0.2) is 4.34 Å². The van der Waals surface area contributed by atoms with E-state index in [2.05, 4.69) is 34.2 Å². The highest BCUT2D eigenvalue weighted by Gasteiger charge is 2.12. The van der Waals surface area contributed by atoms with Gasteiger partial charge in [0.25, 0.3) is 0 Å². The first-order chi connectivity index (χ1) is 9.69. The molecule has 1 N–H and O–H groups in total. The molecule has 0 amide bonds. The highest BCUT2D eigenvalue weighted by Crippen LogP contribution is 2.28. The van der Waals surface area contributed by atoms with Gasteiger partial charge in [0, 0.05) is 13.1 Å². The van der Waals surface area contributed by atoms with Crippen LogP contribution in [0.1, 0.15) is 12.5 Å². The Labute approximate surface area is 125 Å². The molecular weight excluding hydrogens is 294 g/mol. The molecule has 1 aromatic carbocycles. The summed E-state index contributed by atoms with van der Waals surface area (Å²) >= 11 is 2.63. The van der Waals surface area contributed by atoms with Crippen molar-refractivity contribution in [2.24, 2.45) is 0 Å². The standard InChI is InChI=1S/C13H15N3O2S2/c1-2-16(8-10-6-4-3-5-7-10)12-14-15-13(20-12)19-9-11(17)18/h3-7H,2,8-9H2,1H3,(H,17,18). The molecule has 106 valence electrons. The first-order valence-corrected chi connectivity index (χ1v) is 7.96. The van der Waals surface area contributed by atoms with E-state index in [9.17, 15) is 4.79 Å². The normalized spacial score (nSPS) is 10.4. The molecule has 0 aliphatic heterocycles. The number of anilines is 1. The molecule has 0 aliphatic carbocycles. The summed E-state index contributed by atoms with van der Waals surface area (Å²) in [5, 5.41) is 17.6. The van der Waals surface area contributed by atoms with Gasteiger partial charge in [-0.15, -0.1) is 10.2 Å². The first kappa shape index (κ1) is 14.8. The Kier molecular flexibility index (Phi) is 5.37. The maximum Gasteiger partial charge on any atom is 0.313 e. The van der Waals surface area contributed by atoms with Crippen LogP contribution in [0.3, 0.4) is 0 Å². The molecule has 0 atom stereocenters. The molecule has 0 fully saturated rings. The highest BCUT2D eigenvalue weighted by atomic mass is 32.2. The third-order valence-electron chi connectivity index (χ3n) is 2.58. The van der Waals surface area contributed by atoms with Gasteiger partial charge in [0.05, 0.1) is 5.75 Å². The summed E-state index contributed by atoms with van der Waals surface area (Å²) in [5.41, 5.74) is 1.21. The van der Waals surface area contributed by atoms with Crippen LogP contribution >= 0.6 is 23.1 Å². The third kappa shape index (κ3) is 4.21. The van der Waals surface area contributed by atoms with Crippen molar-refractivity contribution in [2.75, 3.05) is 17.2 Å². The quantitative estimate of drug-likeness (QED) is 0.793. The summed E-state index contributed by atoms with van der Waals surface area (Å²) in [6.45, 7) is 3.66. The van der Waals surface area contributed by atoms with Crippen molar-refractivity contribution < 1.29 is 9.90 Å². The molecule has 0 aliphatic rings. The Morgan fingerprint density at radius 1 is 1.35 bits per heavy atom. The van der Waals surface area contributed by atoms with Crippen molar-refractivity contribution in [3.63, 3.8) is 0 Å². The van der Waals surface area contributed by atoms with E-state index in [-0.39, 0.29) is 5.75 Å². The Bertz CT molecular complexity index is 560. The van der Waals surface area contributed by atoms with Gasteiger partial charge in [0.1, 0.15) is 0 Å². The van der Waals surface area contributed by atoms with Crippen LogP contribution in [-0.4, -0.2) is 33.6 Å². The highest BCUT2D eigenvalue weighted by molar-refractivity contribution is 8.01.